The zero-order valence-corrected chi connectivity index (χ0v) is 19.0. The van der Waals surface area contributed by atoms with E-state index in [2.05, 4.69) is 0 Å². The van der Waals surface area contributed by atoms with Crippen molar-refractivity contribution in [2.24, 2.45) is 0 Å². The average molecular weight is 458 g/mol. The van der Waals surface area contributed by atoms with Crippen LogP contribution in [0, 0.1) is 5.82 Å². The molecular formula is C28H24FNO4. The van der Waals surface area contributed by atoms with Crippen molar-refractivity contribution >= 4 is 23.8 Å². The van der Waals surface area contributed by atoms with Crippen LogP contribution in [0.4, 0.5) is 4.39 Å². The summed E-state index contributed by atoms with van der Waals surface area (Å²) in [6.07, 6.45) is 3.51. The van der Waals surface area contributed by atoms with E-state index < -0.39 is 11.7 Å². The first-order valence-electron chi connectivity index (χ1n) is 10.8. The van der Waals surface area contributed by atoms with Crippen LogP contribution in [0.2, 0.25) is 0 Å². The molecule has 0 spiro atoms. The molecule has 0 saturated carbocycles. The molecule has 1 aliphatic rings. The normalized spacial score (nSPS) is 16.1. The third kappa shape index (κ3) is 5.07. The Kier molecular flexibility index (Phi) is 6.87. The van der Waals surface area contributed by atoms with Gasteiger partial charge in [-0.3, -0.25) is 9.59 Å². The van der Waals surface area contributed by atoms with Crippen LogP contribution in [-0.4, -0.2) is 43.9 Å². The smallest absolute Gasteiger partial charge is 0.257 e. The predicted octanol–water partition coefficient (Wildman–Crippen LogP) is 5.04. The molecule has 0 aliphatic carbocycles. The first-order valence-corrected chi connectivity index (χ1v) is 10.8. The molecule has 1 fully saturated rings. The lowest BCUT2D eigenvalue weighted by molar-refractivity contribution is -0.113. The Hall–Kier alpha value is -4.19. The number of rotatable bonds is 5. The van der Waals surface area contributed by atoms with E-state index in [9.17, 15) is 14.0 Å². The van der Waals surface area contributed by atoms with Gasteiger partial charge in [0.25, 0.3) is 5.91 Å². The Balaban J connectivity index is 1.72. The Morgan fingerprint density at radius 1 is 0.794 bits per heavy atom. The van der Waals surface area contributed by atoms with Crippen molar-refractivity contribution in [3.8, 4) is 11.5 Å². The van der Waals surface area contributed by atoms with Gasteiger partial charge in [0.15, 0.2) is 5.78 Å². The number of hydrogen-bond acceptors (Lipinski definition) is 4. The monoisotopic (exact) mass is 457 g/mol. The summed E-state index contributed by atoms with van der Waals surface area (Å²) in [5, 5.41) is 0. The van der Waals surface area contributed by atoms with Gasteiger partial charge in [0.05, 0.1) is 32.9 Å². The first-order chi connectivity index (χ1) is 16.5. The van der Waals surface area contributed by atoms with Crippen molar-refractivity contribution in [2.75, 3.05) is 27.3 Å². The molecule has 1 aliphatic heterocycles. The molecule has 1 amide bonds. The molecule has 0 aromatic heterocycles. The van der Waals surface area contributed by atoms with Crippen molar-refractivity contribution in [3.63, 3.8) is 0 Å². The minimum Gasteiger partial charge on any atom is -0.497 e. The largest absolute Gasteiger partial charge is 0.497 e. The van der Waals surface area contributed by atoms with Gasteiger partial charge >= 0.3 is 0 Å². The van der Waals surface area contributed by atoms with Crippen molar-refractivity contribution in [1.29, 1.82) is 0 Å². The van der Waals surface area contributed by atoms with E-state index in [0.29, 0.717) is 22.6 Å². The number of nitrogens with zero attached hydrogens (tertiary/aromatic N) is 1. The molecule has 0 bridgehead atoms. The molecular weight excluding hydrogens is 433 g/mol. The first kappa shape index (κ1) is 23.0. The summed E-state index contributed by atoms with van der Waals surface area (Å²) in [7, 11) is 3.17. The minimum absolute atomic E-state index is 0.0237. The van der Waals surface area contributed by atoms with Gasteiger partial charge in [-0.25, -0.2) is 4.39 Å². The number of benzene rings is 3. The maximum atomic E-state index is 14.3. The summed E-state index contributed by atoms with van der Waals surface area (Å²) in [6.45, 7) is 0.163. The van der Waals surface area contributed by atoms with E-state index >= 15 is 0 Å². The zero-order chi connectivity index (χ0) is 24.1. The third-order valence-corrected chi connectivity index (χ3v) is 5.61. The molecule has 3 aromatic rings. The fourth-order valence-electron chi connectivity index (χ4n) is 3.79. The molecule has 0 N–H and O–H groups in total. The third-order valence-electron chi connectivity index (χ3n) is 5.61. The van der Waals surface area contributed by atoms with Crippen molar-refractivity contribution < 1.29 is 23.5 Å². The molecule has 1 heterocycles. The molecule has 172 valence electrons. The topological polar surface area (TPSA) is 55.8 Å². The fraction of sp³-hybridized carbons (Fsp3) is 0.143. The Morgan fingerprint density at radius 3 is 1.71 bits per heavy atom. The number of hydrogen-bond donors (Lipinski definition) is 0. The second-order valence-electron chi connectivity index (χ2n) is 7.86. The van der Waals surface area contributed by atoms with Crippen LogP contribution in [0.25, 0.3) is 12.2 Å². The van der Waals surface area contributed by atoms with Crippen LogP contribution < -0.4 is 9.47 Å². The summed E-state index contributed by atoms with van der Waals surface area (Å²) in [5.41, 5.74) is 2.47. The standard InChI is InChI=1S/C28H24FNO4/c1-33-23-11-7-19(8-12-23)15-21-17-30(28(32)25-5-3-4-6-26(25)29)18-22(27(21)31)16-20-9-13-24(34-2)14-10-20/h3-16H,17-18H2,1-2H3/b21-15-,22-16+. The van der Waals surface area contributed by atoms with E-state index in [0.717, 1.165) is 11.1 Å². The average Bonchev–Trinajstić information content (AvgIpc) is 2.87. The van der Waals surface area contributed by atoms with Gasteiger partial charge in [0.1, 0.15) is 17.3 Å². The molecule has 6 heteroatoms. The molecule has 0 atom stereocenters. The van der Waals surface area contributed by atoms with Gasteiger partial charge in [-0.15, -0.1) is 0 Å². The van der Waals surface area contributed by atoms with Crippen LogP contribution in [0.5, 0.6) is 11.5 Å². The Labute approximate surface area is 197 Å². The molecule has 3 aromatic carbocycles. The van der Waals surface area contributed by atoms with Crippen molar-refractivity contribution in [1.82, 2.24) is 4.90 Å². The number of ketones is 1. The van der Waals surface area contributed by atoms with Gasteiger partial charge < -0.3 is 14.4 Å². The SMILES string of the molecule is COc1ccc(/C=C2/CN(C(=O)c3ccccc3F)C/C(=C\c3ccc(OC)cc3)C2=O)cc1. The number of amides is 1. The summed E-state index contributed by atoms with van der Waals surface area (Å²) in [4.78, 5) is 28.0. The minimum atomic E-state index is -0.592. The van der Waals surface area contributed by atoms with Gasteiger partial charge in [-0.1, -0.05) is 36.4 Å². The highest BCUT2D eigenvalue weighted by atomic mass is 19.1. The summed E-state index contributed by atoms with van der Waals surface area (Å²) in [6, 6.07) is 20.4. The second-order valence-corrected chi connectivity index (χ2v) is 7.86. The number of carbonyl (C=O) groups is 2. The number of carbonyl (C=O) groups excluding carboxylic acids is 2. The van der Waals surface area contributed by atoms with Crippen LogP contribution in [0.1, 0.15) is 21.5 Å². The van der Waals surface area contributed by atoms with Gasteiger partial charge in [-0.2, -0.15) is 0 Å². The number of methoxy groups -OCH3 is 2. The molecule has 0 unspecified atom stereocenters. The summed E-state index contributed by atoms with van der Waals surface area (Å²) < 4.78 is 24.7. The number of Topliss-reactive ketones (excluding diaryl/α,β-unsaturated/α-hetero) is 1. The second kappa shape index (κ2) is 10.2. The van der Waals surface area contributed by atoms with E-state index in [1.807, 2.05) is 24.3 Å². The lowest BCUT2D eigenvalue weighted by atomic mass is 9.93. The highest BCUT2D eigenvalue weighted by Crippen LogP contribution is 2.25. The quantitative estimate of drug-likeness (QED) is 0.504. The lowest BCUT2D eigenvalue weighted by Gasteiger charge is -2.30. The highest BCUT2D eigenvalue weighted by Gasteiger charge is 2.30. The Morgan fingerprint density at radius 2 is 1.26 bits per heavy atom. The van der Waals surface area contributed by atoms with Crippen LogP contribution in [0.15, 0.2) is 83.9 Å². The predicted molar refractivity (Wildman–Crippen MR) is 129 cm³/mol. The van der Waals surface area contributed by atoms with Gasteiger partial charge in [0.2, 0.25) is 0 Å². The number of piperidine rings is 1. The Bertz CT molecular complexity index is 1190. The molecule has 34 heavy (non-hydrogen) atoms. The van der Waals surface area contributed by atoms with E-state index in [1.165, 1.54) is 23.1 Å². The van der Waals surface area contributed by atoms with E-state index in [4.69, 9.17) is 9.47 Å². The maximum Gasteiger partial charge on any atom is 0.257 e. The van der Waals surface area contributed by atoms with E-state index in [1.54, 1.807) is 56.7 Å². The molecule has 5 nitrogen and oxygen atoms in total. The molecule has 4 rings (SSSR count). The van der Waals surface area contributed by atoms with Gasteiger partial charge in [-0.05, 0) is 59.7 Å². The van der Waals surface area contributed by atoms with Crippen molar-refractivity contribution in [2.45, 2.75) is 0 Å². The molecule has 0 radical (unpaired) electrons. The summed E-state index contributed by atoms with van der Waals surface area (Å²) in [5.74, 6) is 0.198. The molecule has 1 saturated heterocycles. The van der Waals surface area contributed by atoms with Crippen LogP contribution in [0.3, 0.4) is 0 Å². The maximum absolute atomic E-state index is 14.3. The zero-order valence-electron chi connectivity index (χ0n) is 19.0. The van der Waals surface area contributed by atoms with Gasteiger partial charge in [0, 0.05) is 11.1 Å². The van der Waals surface area contributed by atoms with Crippen molar-refractivity contribution in [3.05, 3.63) is 106 Å². The number of ether oxygens (including phenoxy) is 2. The highest BCUT2D eigenvalue weighted by molar-refractivity contribution is 6.15. The lowest BCUT2D eigenvalue weighted by Crippen LogP contribution is -2.41. The van der Waals surface area contributed by atoms with Crippen LogP contribution in [-0.2, 0) is 4.79 Å². The fourth-order valence-corrected chi connectivity index (χ4v) is 3.79. The van der Waals surface area contributed by atoms with E-state index in [-0.39, 0.29) is 24.4 Å². The summed E-state index contributed by atoms with van der Waals surface area (Å²) >= 11 is 0. The van der Waals surface area contributed by atoms with Crippen LogP contribution >= 0.6 is 0 Å². The number of halogens is 1. The number of likely N-dealkylation sites (tertiary alicyclic amines) is 1.